The fourth-order valence-corrected chi connectivity index (χ4v) is 3.10. The summed E-state index contributed by atoms with van der Waals surface area (Å²) in [6.45, 7) is 0. The molecule has 0 aliphatic carbocycles. The number of thioether (sulfide) groups is 1. The molecular weight excluding hydrogens is 481 g/mol. The lowest BCUT2D eigenvalue weighted by molar-refractivity contribution is -0.384. The molecule has 0 spiro atoms. The molecule has 0 radical (unpaired) electrons. The third-order valence-electron chi connectivity index (χ3n) is 3.66. The second kappa shape index (κ2) is 10.3. The van der Waals surface area contributed by atoms with Crippen LogP contribution in [-0.2, 0) is 4.79 Å². The first-order valence-corrected chi connectivity index (χ1v) is 10.5. The van der Waals surface area contributed by atoms with E-state index in [2.05, 4.69) is 33.2 Å². The Bertz CT molecular complexity index is 830. The molecule has 142 valence electrons. The highest BCUT2D eigenvalue weighted by molar-refractivity contribution is 14.1. The Balaban J connectivity index is 2.11. The summed E-state index contributed by atoms with van der Waals surface area (Å²) in [6.07, 6.45) is 2.36. The van der Waals surface area contributed by atoms with Crippen molar-refractivity contribution in [3.05, 3.63) is 67.8 Å². The zero-order valence-corrected chi connectivity index (χ0v) is 17.5. The Morgan fingerprint density at radius 3 is 2.56 bits per heavy atom. The summed E-state index contributed by atoms with van der Waals surface area (Å²) in [7, 11) is 0. The van der Waals surface area contributed by atoms with Crippen molar-refractivity contribution in [1.29, 1.82) is 0 Å². The zero-order chi connectivity index (χ0) is 19.8. The highest BCUT2D eigenvalue weighted by Gasteiger charge is 2.22. The van der Waals surface area contributed by atoms with E-state index in [9.17, 15) is 19.7 Å². The number of benzene rings is 2. The van der Waals surface area contributed by atoms with Crippen LogP contribution in [0.2, 0.25) is 0 Å². The van der Waals surface area contributed by atoms with Gasteiger partial charge in [0.05, 0.1) is 4.92 Å². The molecule has 0 aliphatic rings. The maximum atomic E-state index is 12.6. The number of hydrogen-bond acceptors (Lipinski definition) is 5. The number of nitro benzene ring substituents is 1. The van der Waals surface area contributed by atoms with Gasteiger partial charge in [-0.25, -0.2) is 0 Å². The molecule has 0 fully saturated rings. The highest BCUT2D eigenvalue weighted by Crippen LogP contribution is 2.15. The second-order valence-electron chi connectivity index (χ2n) is 5.61. The molecule has 9 heteroatoms. The van der Waals surface area contributed by atoms with Crippen LogP contribution in [0.4, 0.5) is 11.4 Å². The molecule has 7 nitrogen and oxygen atoms in total. The Kier molecular flexibility index (Phi) is 8.04. The van der Waals surface area contributed by atoms with Gasteiger partial charge < -0.3 is 10.6 Å². The van der Waals surface area contributed by atoms with Crippen LogP contribution >= 0.6 is 34.4 Å². The highest BCUT2D eigenvalue weighted by atomic mass is 127. The smallest absolute Gasteiger partial charge is 0.270 e. The maximum absolute atomic E-state index is 12.6. The van der Waals surface area contributed by atoms with E-state index >= 15 is 0 Å². The first kappa shape index (κ1) is 21.2. The average molecular weight is 499 g/mol. The van der Waals surface area contributed by atoms with Crippen molar-refractivity contribution >= 4 is 57.5 Å². The van der Waals surface area contributed by atoms with Gasteiger partial charge in [-0.05, 0) is 71.4 Å². The van der Waals surface area contributed by atoms with Gasteiger partial charge in [0.2, 0.25) is 5.91 Å². The maximum Gasteiger partial charge on any atom is 0.270 e. The molecule has 0 bridgehead atoms. The molecule has 0 aromatic heterocycles. The Labute approximate surface area is 174 Å². The van der Waals surface area contributed by atoms with Crippen LogP contribution in [0.3, 0.4) is 0 Å². The Hall–Kier alpha value is -2.14. The van der Waals surface area contributed by atoms with Crippen molar-refractivity contribution in [2.45, 2.75) is 12.5 Å². The minimum absolute atomic E-state index is 0.139. The number of nitro groups is 1. The van der Waals surface area contributed by atoms with Gasteiger partial charge in [0.15, 0.2) is 0 Å². The monoisotopic (exact) mass is 499 g/mol. The summed E-state index contributed by atoms with van der Waals surface area (Å²) < 4.78 is 1.04. The third kappa shape index (κ3) is 6.51. The molecule has 1 atom stereocenters. The minimum atomic E-state index is -0.747. The summed E-state index contributed by atoms with van der Waals surface area (Å²) in [4.78, 5) is 35.4. The van der Waals surface area contributed by atoms with Crippen molar-refractivity contribution in [1.82, 2.24) is 5.32 Å². The summed E-state index contributed by atoms with van der Waals surface area (Å²) >= 11 is 3.73. The van der Waals surface area contributed by atoms with Gasteiger partial charge in [-0.15, -0.1) is 0 Å². The van der Waals surface area contributed by atoms with E-state index < -0.39 is 16.9 Å². The Morgan fingerprint density at radius 1 is 1.22 bits per heavy atom. The van der Waals surface area contributed by atoms with Crippen LogP contribution in [-0.4, -0.2) is 34.8 Å². The normalized spacial score (nSPS) is 11.5. The first-order valence-electron chi connectivity index (χ1n) is 8.01. The standard InChI is InChI=1S/C18H18IN3O4S/c1-27-10-9-16(18(24)20-14-7-5-13(19)6-8-14)21-17(23)12-3-2-4-15(11-12)22(25)26/h2-8,11,16H,9-10H2,1H3,(H,20,24)(H,21,23). The fraction of sp³-hybridized carbons (Fsp3) is 0.222. The molecule has 2 amide bonds. The molecule has 2 rings (SSSR count). The predicted octanol–water partition coefficient (Wildman–Crippen LogP) is 3.69. The van der Waals surface area contributed by atoms with Crippen LogP contribution in [0, 0.1) is 13.7 Å². The van der Waals surface area contributed by atoms with Crippen molar-refractivity contribution in [2.24, 2.45) is 0 Å². The van der Waals surface area contributed by atoms with E-state index in [1.807, 2.05) is 18.4 Å². The van der Waals surface area contributed by atoms with Crippen molar-refractivity contribution < 1.29 is 14.5 Å². The van der Waals surface area contributed by atoms with Gasteiger partial charge in [-0.3, -0.25) is 19.7 Å². The topological polar surface area (TPSA) is 101 Å². The number of halogens is 1. The third-order valence-corrected chi connectivity index (χ3v) is 5.03. The van der Waals surface area contributed by atoms with Crippen molar-refractivity contribution in [3.8, 4) is 0 Å². The molecular formula is C18H18IN3O4S. The summed E-state index contributed by atoms with van der Waals surface area (Å²) in [6, 6.07) is 12.0. The van der Waals surface area contributed by atoms with E-state index in [1.54, 1.807) is 23.9 Å². The van der Waals surface area contributed by atoms with Gasteiger partial charge in [0.1, 0.15) is 6.04 Å². The SMILES string of the molecule is CSCCC(NC(=O)c1cccc([N+](=O)[O-])c1)C(=O)Nc1ccc(I)cc1. The minimum Gasteiger partial charge on any atom is -0.340 e. The fourth-order valence-electron chi connectivity index (χ4n) is 2.27. The lowest BCUT2D eigenvalue weighted by Crippen LogP contribution is -2.44. The van der Waals surface area contributed by atoms with E-state index in [4.69, 9.17) is 0 Å². The number of carbonyl (C=O) groups excluding carboxylic acids is 2. The lowest BCUT2D eigenvalue weighted by Gasteiger charge is -2.18. The number of anilines is 1. The van der Waals surface area contributed by atoms with Crippen LogP contribution in [0.25, 0.3) is 0 Å². The number of non-ortho nitro benzene ring substituents is 1. The van der Waals surface area contributed by atoms with Gasteiger partial charge in [-0.2, -0.15) is 11.8 Å². The number of rotatable bonds is 8. The molecule has 0 saturated heterocycles. The predicted molar refractivity (Wildman–Crippen MR) is 115 cm³/mol. The molecule has 0 saturated carbocycles. The van der Waals surface area contributed by atoms with Crippen molar-refractivity contribution in [2.75, 3.05) is 17.3 Å². The molecule has 0 heterocycles. The van der Waals surface area contributed by atoms with Gasteiger partial charge in [-0.1, -0.05) is 6.07 Å². The second-order valence-corrected chi connectivity index (χ2v) is 7.84. The van der Waals surface area contributed by atoms with Crippen LogP contribution in [0.15, 0.2) is 48.5 Å². The molecule has 1 unspecified atom stereocenters. The number of nitrogens with zero attached hydrogens (tertiary/aromatic N) is 1. The molecule has 2 aromatic carbocycles. The quantitative estimate of drug-likeness (QED) is 0.328. The first-order chi connectivity index (χ1) is 12.9. The summed E-state index contributed by atoms with van der Waals surface area (Å²) in [5, 5.41) is 16.3. The Morgan fingerprint density at radius 2 is 1.93 bits per heavy atom. The molecule has 2 N–H and O–H groups in total. The summed E-state index contributed by atoms with van der Waals surface area (Å²) in [5.41, 5.74) is 0.603. The molecule has 0 aliphatic heterocycles. The van der Waals surface area contributed by atoms with Gasteiger partial charge >= 0.3 is 0 Å². The van der Waals surface area contributed by atoms with E-state index in [0.29, 0.717) is 17.9 Å². The van der Waals surface area contributed by atoms with Gasteiger partial charge in [0.25, 0.3) is 11.6 Å². The van der Waals surface area contributed by atoms with Gasteiger partial charge in [0, 0.05) is 27.0 Å². The van der Waals surface area contributed by atoms with Crippen LogP contribution < -0.4 is 10.6 Å². The largest absolute Gasteiger partial charge is 0.340 e. The zero-order valence-electron chi connectivity index (χ0n) is 14.5. The average Bonchev–Trinajstić information content (AvgIpc) is 2.66. The van der Waals surface area contributed by atoms with E-state index in [0.717, 1.165) is 3.57 Å². The number of nitrogens with one attached hydrogen (secondary N) is 2. The number of hydrogen-bond donors (Lipinski definition) is 2. The van der Waals surface area contributed by atoms with Crippen LogP contribution in [0.1, 0.15) is 16.8 Å². The number of carbonyl (C=O) groups is 2. The molecule has 2 aromatic rings. The molecule has 27 heavy (non-hydrogen) atoms. The summed E-state index contributed by atoms with van der Waals surface area (Å²) in [5.74, 6) is -0.174. The van der Waals surface area contributed by atoms with Crippen molar-refractivity contribution in [3.63, 3.8) is 0 Å². The van der Waals surface area contributed by atoms with Crippen LogP contribution in [0.5, 0.6) is 0 Å². The van der Waals surface area contributed by atoms with E-state index in [-0.39, 0.29) is 17.2 Å². The lowest BCUT2D eigenvalue weighted by atomic mass is 10.1. The number of amides is 2. The van der Waals surface area contributed by atoms with E-state index in [1.165, 1.54) is 24.3 Å².